The first-order chi connectivity index (χ1) is 12.1. The Bertz CT molecular complexity index is 842. The Morgan fingerprint density at radius 1 is 1.04 bits per heavy atom. The molecule has 26 heavy (non-hydrogen) atoms. The summed E-state index contributed by atoms with van der Waals surface area (Å²) in [6.45, 7) is 5.31. The third-order valence-corrected chi connectivity index (χ3v) is 5.28. The van der Waals surface area contributed by atoms with Gasteiger partial charge in [-0.05, 0) is 57.0 Å². The van der Waals surface area contributed by atoms with Crippen LogP contribution in [0, 0.1) is 0 Å². The molecule has 0 aliphatic carbocycles. The van der Waals surface area contributed by atoms with Gasteiger partial charge in [0.1, 0.15) is 0 Å². The highest BCUT2D eigenvalue weighted by molar-refractivity contribution is 7.89. The van der Waals surface area contributed by atoms with Crippen molar-refractivity contribution in [2.24, 2.45) is 5.73 Å². The van der Waals surface area contributed by atoms with E-state index in [1.165, 1.54) is 12.1 Å². The van der Waals surface area contributed by atoms with E-state index in [0.717, 1.165) is 5.56 Å². The molecule has 0 radical (unpaired) electrons. The Labute approximate surface area is 154 Å². The smallest absolute Gasteiger partial charge is 0.241 e. The van der Waals surface area contributed by atoms with Crippen molar-refractivity contribution in [1.82, 2.24) is 4.72 Å². The van der Waals surface area contributed by atoms with Crippen molar-refractivity contribution in [2.45, 2.75) is 43.7 Å². The van der Waals surface area contributed by atoms with Crippen molar-refractivity contribution >= 4 is 21.6 Å². The lowest BCUT2D eigenvalue weighted by molar-refractivity contribution is -0.117. The molecule has 6 nitrogen and oxygen atoms in total. The number of benzene rings is 2. The summed E-state index contributed by atoms with van der Waals surface area (Å²) in [5.41, 5.74) is 6.84. The lowest BCUT2D eigenvalue weighted by atomic mass is 10.1. The average Bonchev–Trinajstić information content (AvgIpc) is 2.54. The first kappa shape index (κ1) is 20.1. The van der Waals surface area contributed by atoms with Crippen LogP contribution >= 0.6 is 0 Å². The zero-order valence-electron chi connectivity index (χ0n) is 15.2. The molecular weight excluding hydrogens is 350 g/mol. The van der Waals surface area contributed by atoms with E-state index in [9.17, 15) is 13.2 Å². The monoisotopic (exact) mass is 375 g/mol. The fourth-order valence-corrected chi connectivity index (χ4v) is 3.79. The van der Waals surface area contributed by atoms with E-state index in [4.69, 9.17) is 5.73 Å². The SMILES string of the molecule is CC(C)(C)NS(=O)(=O)c1ccc(NC(=O)[C@@H](N)Cc2ccccc2)cc1. The lowest BCUT2D eigenvalue weighted by Crippen LogP contribution is -2.40. The zero-order chi connectivity index (χ0) is 19.4. The molecule has 140 valence electrons. The standard InChI is InChI=1S/C19H25N3O3S/c1-19(2,3)22-26(24,25)16-11-9-15(10-12-16)21-18(23)17(20)13-14-7-5-4-6-8-14/h4-12,17,22H,13,20H2,1-3H3,(H,21,23)/t17-/m0/s1. The quantitative estimate of drug-likeness (QED) is 0.721. The van der Waals surface area contributed by atoms with Crippen molar-refractivity contribution in [2.75, 3.05) is 5.32 Å². The number of hydrogen-bond acceptors (Lipinski definition) is 4. The van der Waals surface area contributed by atoms with Gasteiger partial charge >= 0.3 is 0 Å². The number of carbonyl (C=O) groups excluding carboxylic acids is 1. The summed E-state index contributed by atoms with van der Waals surface area (Å²) in [5.74, 6) is -0.322. The molecule has 4 N–H and O–H groups in total. The van der Waals surface area contributed by atoms with Crippen molar-refractivity contribution in [3.63, 3.8) is 0 Å². The van der Waals surface area contributed by atoms with Gasteiger partial charge in [0.2, 0.25) is 15.9 Å². The fraction of sp³-hybridized carbons (Fsp3) is 0.316. The van der Waals surface area contributed by atoms with E-state index in [0.29, 0.717) is 12.1 Å². The molecule has 2 aromatic rings. The maximum atomic E-state index is 12.3. The second kappa shape index (κ2) is 7.99. The summed E-state index contributed by atoms with van der Waals surface area (Å²) >= 11 is 0. The molecule has 0 heterocycles. The molecule has 0 unspecified atom stereocenters. The Balaban J connectivity index is 2.01. The minimum Gasteiger partial charge on any atom is -0.325 e. The maximum absolute atomic E-state index is 12.3. The summed E-state index contributed by atoms with van der Waals surface area (Å²) in [6.07, 6.45) is 0.425. The number of anilines is 1. The van der Waals surface area contributed by atoms with E-state index in [1.807, 2.05) is 30.3 Å². The van der Waals surface area contributed by atoms with Crippen LogP contribution in [0.15, 0.2) is 59.5 Å². The molecule has 2 aromatic carbocycles. The molecular formula is C19H25N3O3S. The first-order valence-corrected chi connectivity index (χ1v) is 9.79. The van der Waals surface area contributed by atoms with Crippen molar-refractivity contribution in [3.8, 4) is 0 Å². The number of nitrogens with one attached hydrogen (secondary N) is 2. The second-order valence-corrected chi connectivity index (χ2v) is 8.85. The van der Waals surface area contributed by atoms with Gasteiger partial charge in [-0.2, -0.15) is 0 Å². The van der Waals surface area contributed by atoms with Gasteiger partial charge in [-0.25, -0.2) is 13.1 Å². The molecule has 7 heteroatoms. The molecule has 0 saturated heterocycles. The van der Waals surface area contributed by atoms with Gasteiger partial charge in [-0.3, -0.25) is 4.79 Å². The summed E-state index contributed by atoms with van der Waals surface area (Å²) in [6, 6.07) is 14.8. The molecule has 0 aliphatic heterocycles. The Kier molecular flexibility index (Phi) is 6.17. The zero-order valence-corrected chi connectivity index (χ0v) is 16.0. The predicted octanol–water partition coefficient (Wildman–Crippen LogP) is 2.27. The molecule has 0 aliphatic rings. The molecule has 0 spiro atoms. The van der Waals surface area contributed by atoms with E-state index in [-0.39, 0.29) is 10.8 Å². The Hall–Kier alpha value is -2.22. The van der Waals surface area contributed by atoms with E-state index in [1.54, 1.807) is 32.9 Å². The van der Waals surface area contributed by atoms with Crippen LogP contribution in [0.5, 0.6) is 0 Å². The topological polar surface area (TPSA) is 101 Å². The number of nitrogens with two attached hydrogens (primary N) is 1. The van der Waals surface area contributed by atoms with E-state index >= 15 is 0 Å². The summed E-state index contributed by atoms with van der Waals surface area (Å²) in [4.78, 5) is 12.4. The average molecular weight is 375 g/mol. The minimum absolute atomic E-state index is 0.138. The first-order valence-electron chi connectivity index (χ1n) is 8.31. The van der Waals surface area contributed by atoms with Gasteiger partial charge < -0.3 is 11.1 Å². The van der Waals surface area contributed by atoms with E-state index < -0.39 is 21.6 Å². The number of carbonyl (C=O) groups is 1. The van der Waals surface area contributed by atoms with Crippen LogP contribution in [0.3, 0.4) is 0 Å². The summed E-state index contributed by atoms with van der Waals surface area (Å²) in [7, 11) is -3.61. The van der Waals surface area contributed by atoms with Crippen molar-refractivity contribution < 1.29 is 13.2 Å². The Morgan fingerprint density at radius 3 is 2.15 bits per heavy atom. The van der Waals surface area contributed by atoms with Crippen LogP contribution in [0.2, 0.25) is 0 Å². The summed E-state index contributed by atoms with van der Waals surface area (Å²) < 4.78 is 27.1. The molecule has 0 saturated carbocycles. The fourth-order valence-electron chi connectivity index (χ4n) is 2.38. The third kappa shape index (κ3) is 5.94. The lowest BCUT2D eigenvalue weighted by Gasteiger charge is -2.20. The highest BCUT2D eigenvalue weighted by Gasteiger charge is 2.22. The van der Waals surface area contributed by atoms with Gasteiger partial charge in [-0.15, -0.1) is 0 Å². The summed E-state index contributed by atoms with van der Waals surface area (Å²) in [5, 5.41) is 2.71. The van der Waals surface area contributed by atoms with Crippen LogP contribution in [0.25, 0.3) is 0 Å². The molecule has 0 aromatic heterocycles. The number of rotatable bonds is 6. The van der Waals surface area contributed by atoms with Crippen molar-refractivity contribution in [3.05, 3.63) is 60.2 Å². The van der Waals surface area contributed by atoms with Crippen LogP contribution in [-0.4, -0.2) is 25.9 Å². The number of amides is 1. The molecule has 0 bridgehead atoms. The van der Waals surface area contributed by atoms with Crippen LogP contribution in [0.4, 0.5) is 5.69 Å². The Morgan fingerprint density at radius 2 is 1.62 bits per heavy atom. The molecule has 1 atom stereocenters. The highest BCUT2D eigenvalue weighted by Crippen LogP contribution is 2.16. The van der Waals surface area contributed by atoms with Gasteiger partial charge in [0, 0.05) is 11.2 Å². The van der Waals surface area contributed by atoms with E-state index in [2.05, 4.69) is 10.0 Å². The second-order valence-electron chi connectivity index (χ2n) is 7.17. The van der Waals surface area contributed by atoms with Crippen molar-refractivity contribution in [1.29, 1.82) is 0 Å². The molecule has 0 fully saturated rings. The number of hydrogen-bond donors (Lipinski definition) is 3. The highest BCUT2D eigenvalue weighted by atomic mass is 32.2. The van der Waals surface area contributed by atoms with Crippen LogP contribution in [0.1, 0.15) is 26.3 Å². The van der Waals surface area contributed by atoms with Gasteiger partial charge in [0.05, 0.1) is 10.9 Å². The third-order valence-electron chi connectivity index (χ3n) is 3.51. The van der Waals surface area contributed by atoms with Gasteiger partial charge in [-0.1, -0.05) is 30.3 Å². The molecule has 1 amide bonds. The van der Waals surface area contributed by atoms with Gasteiger partial charge in [0.25, 0.3) is 0 Å². The minimum atomic E-state index is -3.61. The van der Waals surface area contributed by atoms with Gasteiger partial charge in [0.15, 0.2) is 0 Å². The normalized spacial score (nSPS) is 13.2. The predicted molar refractivity (Wildman–Crippen MR) is 103 cm³/mol. The number of sulfonamides is 1. The van der Waals surface area contributed by atoms with Crippen LogP contribution < -0.4 is 15.8 Å². The largest absolute Gasteiger partial charge is 0.325 e. The molecule has 2 rings (SSSR count). The maximum Gasteiger partial charge on any atom is 0.241 e. The van der Waals surface area contributed by atoms with Crippen LogP contribution in [-0.2, 0) is 21.2 Å².